The molecule has 5 nitrogen and oxygen atoms in total. The Morgan fingerprint density at radius 2 is 1.75 bits per heavy atom. The molecular weight excluding hydrogens is 434 g/mol. The lowest BCUT2D eigenvalue weighted by Crippen LogP contribution is -2.59. The molecule has 0 saturated heterocycles. The van der Waals surface area contributed by atoms with Gasteiger partial charge in [0.25, 0.3) is 0 Å². The topological polar surface area (TPSA) is 59.0 Å². The molecule has 0 aromatic carbocycles. The molecule has 2 unspecified atom stereocenters. The van der Waals surface area contributed by atoms with Gasteiger partial charge in [-0.05, 0) is 50.9 Å². The Balaban J connectivity index is 4.80. The van der Waals surface area contributed by atoms with E-state index in [-0.39, 0.29) is 29.3 Å². The van der Waals surface area contributed by atoms with Crippen LogP contribution < -0.4 is 0 Å². The minimum atomic E-state index is -1.99. The van der Waals surface area contributed by atoms with E-state index in [1.165, 1.54) is 29.9 Å². The fraction of sp³-hybridized carbons (Fsp3) is 0.880. The second kappa shape index (κ2) is 13.4. The van der Waals surface area contributed by atoms with E-state index in [0.29, 0.717) is 6.61 Å². The van der Waals surface area contributed by atoms with Crippen LogP contribution in [0.15, 0.2) is 12.7 Å². The van der Waals surface area contributed by atoms with Crippen molar-refractivity contribution >= 4 is 22.3 Å². The molecular formula is C25H53NO4Si2. The number of carbonyl (C=O) groups is 1. The summed E-state index contributed by atoms with van der Waals surface area (Å²) in [5.74, 6) is -0.196. The Labute approximate surface area is 201 Å². The van der Waals surface area contributed by atoms with E-state index in [9.17, 15) is 9.90 Å². The third kappa shape index (κ3) is 9.41. The summed E-state index contributed by atoms with van der Waals surface area (Å²) in [4.78, 5) is 13.0. The number of hydrogen-bond donors (Lipinski definition) is 1. The van der Waals surface area contributed by atoms with E-state index in [2.05, 4.69) is 67.4 Å². The molecule has 1 N–H and O–H groups in total. The minimum absolute atomic E-state index is 0.0379. The normalized spacial score (nSPS) is 15.8. The van der Waals surface area contributed by atoms with Crippen LogP contribution in [-0.2, 0) is 14.0 Å². The van der Waals surface area contributed by atoms with Crippen molar-refractivity contribution in [2.45, 2.75) is 115 Å². The summed E-state index contributed by atoms with van der Waals surface area (Å²) in [6.07, 6.45) is 6.19. The highest BCUT2D eigenvalue weighted by molar-refractivity contribution is 6.82. The van der Waals surface area contributed by atoms with Gasteiger partial charge in [-0.15, -0.1) is 0 Å². The molecule has 0 aliphatic rings. The maximum absolute atomic E-state index is 11.5. The SMILES string of the molecule is C=CC(=O)N(C)CC(O)COCCCC(C)(CC)[Si](C)(C)OC(C)(C)[Si](C)(C)CCCC. The first kappa shape index (κ1) is 31.5. The van der Waals surface area contributed by atoms with Crippen LogP contribution in [-0.4, -0.2) is 70.4 Å². The lowest BCUT2D eigenvalue weighted by Gasteiger charge is -2.51. The number of ether oxygens (including phenoxy) is 1. The molecule has 190 valence electrons. The number of nitrogens with zero attached hydrogens (tertiary/aromatic N) is 1. The van der Waals surface area contributed by atoms with Crippen molar-refractivity contribution < 1.29 is 19.1 Å². The fourth-order valence-corrected chi connectivity index (χ4v) is 11.0. The number of hydrogen-bond acceptors (Lipinski definition) is 4. The van der Waals surface area contributed by atoms with Gasteiger partial charge in [0, 0.05) is 25.4 Å². The molecule has 0 aliphatic carbocycles. The van der Waals surface area contributed by atoms with Crippen molar-refractivity contribution in [1.29, 1.82) is 0 Å². The fourth-order valence-electron chi connectivity index (χ4n) is 4.12. The predicted molar refractivity (Wildman–Crippen MR) is 142 cm³/mol. The van der Waals surface area contributed by atoms with Crippen molar-refractivity contribution in [3.05, 3.63) is 12.7 Å². The van der Waals surface area contributed by atoms with Crippen LogP contribution in [0.1, 0.15) is 66.7 Å². The lowest BCUT2D eigenvalue weighted by atomic mass is 10.0. The molecule has 0 spiro atoms. The number of aliphatic hydroxyl groups excluding tert-OH is 1. The smallest absolute Gasteiger partial charge is 0.245 e. The maximum Gasteiger partial charge on any atom is 0.245 e. The van der Waals surface area contributed by atoms with Gasteiger partial charge >= 0.3 is 0 Å². The number of aliphatic hydroxyl groups is 1. The van der Waals surface area contributed by atoms with E-state index in [1.54, 1.807) is 7.05 Å². The summed E-state index contributed by atoms with van der Waals surface area (Å²) in [7, 11) is -1.84. The first-order valence-electron chi connectivity index (χ1n) is 12.4. The molecule has 32 heavy (non-hydrogen) atoms. The standard InChI is InChI=1S/C25H53NO4Si2/c1-12-15-19-31(8,9)24(4,5)30-32(10,11)25(6,14-3)17-16-18-29-21-22(27)20-26(7)23(28)13-2/h13,22,27H,2,12,14-21H2,1,3-11H3. The van der Waals surface area contributed by atoms with Gasteiger partial charge in [0.1, 0.15) is 0 Å². The Morgan fingerprint density at radius 1 is 1.16 bits per heavy atom. The minimum Gasteiger partial charge on any atom is -0.415 e. The number of rotatable bonds is 17. The predicted octanol–water partition coefficient (Wildman–Crippen LogP) is 6.01. The van der Waals surface area contributed by atoms with Crippen LogP contribution in [0.3, 0.4) is 0 Å². The number of likely N-dealkylation sites (N-methyl/N-ethyl adjacent to an activating group) is 1. The average molecular weight is 488 g/mol. The highest BCUT2D eigenvalue weighted by Crippen LogP contribution is 2.48. The maximum atomic E-state index is 11.5. The first-order valence-corrected chi connectivity index (χ1v) is 18.5. The van der Waals surface area contributed by atoms with Gasteiger partial charge in [-0.25, -0.2) is 0 Å². The second-order valence-electron chi connectivity index (χ2n) is 11.3. The Hall–Kier alpha value is -0.476. The Morgan fingerprint density at radius 3 is 2.25 bits per heavy atom. The van der Waals surface area contributed by atoms with E-state index < -0.39 is 22.5 Å². The van der Waals surface area contributed by atoms with E-state index in [1.807, 2.05) is 0 Å². The van der Waals surface area contributed by atoms with Crippen molar-refractivity contribution in [3.8, 4) is 0 Å². The summed E-state index contributed by atoms with van der Waals surface area (Å²) in [5.41, 5.74) is 0. The largest absolute Gasteiger partial charge is 0.415 e. The van der Waals surface area contributed by atoms with Crippen molar-refractivity contribution in [2.24, 2.45) is 0 Å². The molecule has 7 heteroatoms. The zero-order chi connectivity index (χ0) is 25.2. The summed E-state index contributed by atoms with van der Waals surface area (Å²) in [5, 5.41) is 10.2. The van der Waals surface area contributed by atoms with Crippen LogP contribution in [0.4, 0.5) is 0 Å². The monoisotopic (exact) mass is 487 g/mol. The molecule has 0 bridgehead atoms. The zero-order valence-electron chi connectivity index (χ0n) is 22.8. The van der Waals surface area contributed by atoms with E-state index in [4.69, 9.17) is 9.16 Å². The molecule has 0 aromatic heterocycles. The summed E-state index contributed by atoms with van der Waals surface area (Å²) >= 11 is 0. The highest BCUT2D eigenvalue weighted by Gasteiger charge is 2.50. The van der Waals surface area contributed by atoms with Crippen LogP contribution in [0.25, 0.3) is 0 Å². The highest BCUT2D eigenvalue weighted by atomic mass is 28.4. The van der Waals surface area contributed by atoms with Crippen LogP contribution >= 0.6 is 0 Å². The molecule has 0 fully saturated rings. The van der Waals surface area contributed by atoms with Crippen molar-refractivity contribution in [1.82, 2.24) is 4.90 Å². The first-order chi connectivity index (χ1) is 14.6. The zero-order valence-corrected chi connectivity index (χ0v) is 24.8. The molecule has 0 rings (SSSR count). The van der Waals surface area contributed by atoms with Gasteiger partial charge in [0.2, 0.25) is 5.91 Å². The third-order valence-electron chi connectivity index (χ3n) is 7.89. The van der Waals surface area contributed by atoms with Gasteiger partial charge in [-0.1, -0.05) is 65.8 Å². The Bertz CT molecular complexity index is 580. The average Bonchev–Trinajstić information content (AvgIpc) is 2.69. The lowest BCUT2D eigenvalue weighted by molar-refractivity contribution is -0.126. The van der Waals surface area contributed by atoms with E-state index >= 15 is 0 Å². The summed E-state index contributed by atoms with van der Waals surface area (Å²) < 4.78 is 12.8. The molecule has 1 amide bonds. The Kier molecular flexibility index (Phi) is 13.2. The van der Waals surface area contributed by atoms with Crippen LogP contribution in [0, 0.1) is 0 Å². The van der Waals surface area contributed by atoms with Gasteiger partial charge in [0.15, 0.2) is 8.32 Å². The number of amides is 1. The van der Waals surface area contributed by atoms with Gasteiger partial charge in [0.05, 0.1) is 20.8 Å². The van der Waals surface area contributed by atoms with Crippen LogP contribution in [0.5, 0.6) is 0 Å². The van der Waals surface area contributed by atoms with Crippen molar-refractivity contribution in [3.63, 3.8) is 0 Å². The van der Waals surface area contributed by atoms with Crippen molar-refractivity contribution in [2.75, 3.05) is 26.8 Å². The summed E-state index contributed by atoms with van der Waals surface area (Å²) in [6.45, 7) is 25.9. The van der Waals surface area contributed by atoms with E-state index in [0.717, 1.165) is 19.3 Å². The van der Waals surface area contributed by atoms with Crippen LogP contribution in [0.2, 0.25) is 37.3 Å². The quantitative estimate of drug-likeness (QED) is 0.155. The number of carbonyl (C=O) groups excluding carboxylic acids is 1. The molecule has 2 atom stereocenters. The second-order valence-corrected chi connectivity index (χ2v) is 21.2. The molecule has 0 saturated carbocycles. The van der Waals surface area contributed by atoms with Gasteiger partial charge in [-0.3, -0.25) is 4.79 Å². The van der Waals surface area contributed by atoms with Gasteiger partial charge < -0.3 is 19.2 Å². The summed E-state index contributed by atoms with van der Waals surface area (Å²) in [6, 6.07) is 1.31. The molecule has 0 aliphatic heterocycles. The number of unbranched alkanes of at least 4 members (excludes halogenated alkanes) is 1. The molecule has 0 aromatic rings. The third-order valence-corrected chi connectivity index (χ3v) is 17.6. The molecule has 0 radical (unpaired) electrons. The molecule has 0 heterocycles. The van der Waals surface area contributed by atoms with Gasteiger partial charge in [-0.2, -0.15) is 0 Å².